The number of hydrogen-bond donors (Lipinski definition) is 1. The van der Waals surface area contributed by atoms with E-state index >= 15 is 0 Å². The Hall–Kier alpha value is -1.38. The monoisotopic (exact) mass is 195 g/mol. The fourth-order valence-electron chi connectivity index (χ4n) is 1.44. The molecule has 0 spiro atoms. The Kier molecular flexibility index (Phi) is 3.23. The highest BCUT2D eigenvalue weighted by Crippen LogP contribution is 2.22. The number of halogens is 1. The smallest absolute Gasteiger partial charge is 0.218 e. The molecule has 2 nitrogen and oxygen atoms in total. The number of benzene rings is 1. The van der Waals surface area contributed by atoms with Crippen LogP contribution >= 0.6 is 0 Å². The van der Waals surface area contributed by atoms with Crippen molar-refractivity contribution < 1.29 is 9.18 Å². The van der Waals surface area contributed by atoms with Gasteiger partial charge in [-0.2, -0.15) is 0 Å². The van der Waals surface area contributed by atoms with Gasteiger partial charge in [0.2, 0.25) is 5.91 Å². The molecule has 0 radical (unpaired) electrons. The zero-order valence-electron chi connectivity index (χ0n) is 8.38. The maximum Gasteiger partial charge on any atom is 0.218 e. The highest BCUT2D eigenvalue weighted by molar-refractivity contribution is 5.74. The average Bonchev–Trinajstić information content (AvgIpc) is 2.01. The van der Waals surface area contributed by atoms with Crippen LogP contribution in [-0.4, -0.2) is 5.91 Å². The third-order valence-corrected chi connectivity index (χ3v) is 2.19. The van der Waals surface area contributed by atoms with Crippen LogP contribution in [0.3, 0.4) is 0 Å². The molecule has 1 rings (SSSR count). The molecule has 0 aromatic heterocycles. The number of carbonyl (C=O) groups excluding carboxylic acids is 1. The summed E-state index contributed by atoms with van der Waals surface area (Å²) in [6.07, 6.45) is 0.181. The van der Waals surface area contributed by atoms with Crippen LogP contribution in [0, 0.1) is 12.7 Å². The van der Waals surface area contributed by atoms with Crippen molar-refractivity contribution in [3.63, 3.8) is 0 Å². The van der Waals surface area contributed by atoms with Crippen LogP contribution in [0.25, 0.3) is 0 Å². The molecule has 1 aromatic carbocycles. The van der Waals surface area contributed by atoms with E-state index in [1.165, 1.54) is 6.07 Å². The second-order valence-corrected chi connectivity index (χ2v) is 3.60. The van der Waals surface area contributed by atoms with Gasteiger partial charge >= 0.3 is 0 Å². The summed E-state index contributed by atoms with van der Waals surface area (Å²) in [5.74, 6) is -0.829. The second-order valence-electron chi connectivity index (χ2n) is 3.60. The highest BCUT2D eigenvalue weighted by Gasteiger charge is 2.12. The Morgan fingerprint density at radius 1 is 1.57 bits per heavy atom. The number of nitrogens with two attached hydrogens (primary N) is 1. The fourth-order valence-corrected chi connectivity index (χ4v) is 1.44. The third-order valence-electron chi connectivity index (χ3n) is 2.19. The van der Waals surface area contributed by atoms with Crippen LogP contribution in [-0.2, 0) is 4.79 Å². The van der Waals surface area contributed by atoms with Gasteiger partial charge in [0.15, 0.2) is 0 Å². The van der Waals surface area contributed by atoms with Crippen molar-refractivity contribution in [2.75, 3.05) is 0 Å². The molecule has 0 heterocycles. The molecule has 1 unspecified atom stereocenters. The minimum absolute atomic E-state index is 0.159. The minimum atomic E-state index is -0.405. The van der Waals surface area contributed by atoms with E-state index in [0.29, 0.717) is 5.56 Å². The third kappa shape index (κ3) is 2.55. The lowest BCUT2D eigenvalue weighted by molar-refractivity contribution is -0.118. The maximum atomic E-state index is 13.4. The molecular weight excluding hydrogens is 181 g/mol. The van der Waals surface area contributed by atoms with Gasteiger partial charge in [-0.05, 0) is 30.0 Å². The fraction of sp³-hybridized carbons (Fsp3) is 0.364. The molecule has 1 aromatic rings. The van der Waals surface area contributed by atoms with Gasteiger partial charge < -0.3 is 5.73 Å². The van der Waals surface area contributed by atoms with Crippen molar-refractivity contribution in [3.05, 3.63) is 35.1 Å². The predicted octanol–water partition coefficient (Wildman–Crippen LogP) is 2.11. The van der Waals surface area contributed by atoms with Gasteiger partial charge in [-0.3, -0.25) is 4.79 Å². The maximum absolute atomic E-state index is 13.4. The van der Waals surface area contributed by atoms with E-state index < -0.39 is 5.91 Å². The van der Waals surface area contributed by atoms with Crippen molar-refractivity contribution in [1.29, 1.82) is 0 Å². The van der Waals surface area contributed by atoms with Gasteiger partial charge in [-0.15, -0.1) is 0 Å². The lowest BCUT2D eigenvalue weighted by Crippen LogP contribution is -2.14. The minimum Gasteiger partial charge on any atom is -0.370 e. The first kappa shape index (κ1) is 10.7. The molecule has 0 aliphatic heterocycles. The molecule has 0 fully saturated rings. The molecule has 0 aliphatic rings. The van der Waals surface area contributed by atoms with E-state index in [0.717, 1.165) is 5.56 Å². The number of aryl methyl sites for hydroxylation is 1. The molecule has 1 atom stereocenters. The first-order valence-corrected chi connectivity index (χ1v) is 4.55. The zero-order valence-corrected chi connectivity index (χ0v) is 8.38. The Bertz CT molecular complexity index is 349. The number of rotatable bonds is 3. The summed E-state index contributed by atoms with van der Waals surface area (Å²) in [4.78, 5) is 10.7. The Labute approximate surface area is 82.9 Å². The molecule has 1 amide bonds. The van der Waals surface area contributed by atoms with Gasteiger partial charge in [-0.25, -0.2) is 4.39 Å². The summed E-state index contributed by atoms with van der Waals surface area (Å²) in [6.45, 7) is 3.62. The molecule has 3 heteroatoms. The first-order valence-electron chi connectivity index (χ1n) is 4.55. The summed E-state index contributed by atoms with van der Waals surface area (Å²) in [5, 5.41) is 0. The molecule has 0 bridgehead atoms. The Balaban J connectivity index is 2.90. The van der Waals surface area contributed by atoms with Crippen LogP contribution in [0.5, 0.6) is 0 Å². The van der Waals surface area contributed by atoms with E-state index in [1.54, 1.807) is 13.0 Å². The van der Waals surface area contributed by atoms with Crippen LogP contribution in [0.1, 0.15) is 30.4 Å². The molecule has 14 heavy (non-hydrogen) atoms. The summed E-state index contributed by atoms with van der Waals surface area (Å²) in [5.41, 5.74) is 6.47. The van der Waals surface area contributed by atoms with E-state index in [1.807, 2.05) is 13.0 Å². The first-order chi connectivity index (χ1) is 6.50. The molecule has 0 saturated heterocycles. The normalized spacial score (nSPS) is 12.5. The van der Waals surface area contributed by atoms with Gasteiger partial charge in [0.1, 0.15) is 5.82 Å². The average molecular weight is 195 g/mol. The van der Waals surface area contributed by atoms with Gasteiger partial charge in [0, 0.05) is 6.42 Å². The van der Waals surface area contributed by atoms with Crippen LogP contribution < -0.4 is 5.73 Å². The molecule has 2 N–H and O–H groups in total. The number of hydrogen-bond acceptors (Lipinski definition) is 1. The quantitative estimate of drug-likeness (QED) is 0.788. The van der Waals surface area contributed by atoms with Crippen molar-refractivity contribution in [2.24, 2.45) is 5.73 Å². The molecule has 0 saturated carbocycles. The Morgan fingerprint density at radius 2 is 2.21 bits per heavy atom. The van der Waals surface area contributed by atoms with Crippen LogP contribution in [0.2, 0.25) is 0 Å². The predicted molar refractivity (Wildman–Crippen MR) is 53.4 cm³/mol. The van der Waals surface area contributed by atoms with E-state index in [-0.39, 0.29) is 18.2 Å². The molecule has 0 aliphatic carbocycles. The lowest BCUT2D eigenvalue weighted by Gasteiger charge is -2.10. The van der Waals surface area contributed by atoms with Crippen LogP contribution in [0.4, 0.5) is 4.39 Å². The van der Waals surface area contributed by atoms with Gasteiger partial charge in [0.05, 0.1) is 0 Å². The zero-order chi connectivity index (χ0) is 10.7. The van der Waals surface area contributed by atoms with Gasteiger partial charge in [-0.1, -0.05) is 19.1 Å². The topological polar surface area (TPSA) is 43.1 Å². The van der Waals surface area contributed by atoms with Crippen molar-refractivity contribution >= 4 is 5.91 Å². The highest BCUT2D eigenvalue weighted by atomic mass is 19.1. The Morgan fingerprint density at radius 3 is 2.71 bits per heavy atom. The van der Waals surface area contributed by atoms with Gasteiger partial charge in [0.25, 0.3) is 0 Å². The molecular formula is C11H14FNO. The number of primary amides is 1. The van der Waals surface area contributed by atoms with E-state index in [4.69, 9.17) is 5.73 Å². The summed E-state index contributed by atoms with van der Waals surface area (Å²) in [7, 11) is 0. The summed E-state index contributed by atoms with van der Waals surface area (Å²) in [6, 6.07) is 5.00. The largest absolute Gasteiger partial charge is 0.370 e. The van der Waals surface area contributed by atoms with Crippen molar-refractivity contribution in [3.8, 4) is 0 Å². The van der Waals surface area contributed by atoms with E-state index in [9.17, 15) is 9.18 Å². The molecule has 76 valence electrons. The lowest BCUT2D eigenvalue weighted by atomic mass is 9.96. The SMILES string of the molecule is Cc1ccc(C(C)CC(N)=O)c(F)c1. The standard InChI is InChI=1S/C11H14FNO/c1-7-3-4-9(10(12)5-7)8(2)6-11(13)14/h3-5,8H,6H2,1-2H3,(H2,13,14). The number of carbonyl (C=O) groups is 1. The van der Waals surface area contributed by atoms with Crippen molar-refractivity contribution in [2.45, 2.75) is 26.2 Å². The van der Waals surface area contributed by atoms with Crippen molar-refractivity contribution in [1.82, 2.24) is 0 Å². The second kappa shape index (κ2) is 4.22. The van der Waals surface area contributed by atoms with E-state index in [2.05, 4.69) is 0 Å². The number of amides is 1. The summed E-state index contributed by atoms with van der Waals surface area (Å²) >= 11 is 0. The van der Waals surface area contributed by atoms with Crippen LogP contribution in [0.15, 0.2) is 18.2 Å². The summed E-state index contributed by atoms with van der Waals surface area (Å²) < 4.78 is 13.4.